The second-order valence-corrected chi connectivity index (χ2v) is 11.1. The molecule has 0 aliphatic carbocycles. The van der Waals surface area contributed by atoms with Gasteiger partial charge in [-0.25, -0.2) is 0 Å². The van der Waals surface area contributed by atoms with Gasteiger partial charge in [0.05, 0.1) is 24.0 Å². The van der Waals surface area contributed by atoms with Gasteiger partial charge in [0.15, 0.2) is 0 Å². The summed E-state index contributed by atoms with van der Waals surface area (Å²) in [6.45, 7) is 17.0. The number of carbonyl (C=O) groups is 2. The average molecular weight is 495 g/mol. The SMILES string of the molecule is CCCC(CC)(Cc1ccc(C(C)(C)c2ccc(CC(C)(C)C(=O)OCC)cc2)cc1)C(=O)OCC. The van der Waals surface area contributed by atoms with Gasteiger partial charge in [-0.15, -0.1) is 0 Å². The first-order valence-electron chi connectivity index (χ1n) is 13.5. The lowest BCUT2D eigenvalue weighted by Gasteiger charge is -2.31. The van der Waals surface area contributed by atoms with Crippen molar-refractivity contribution in [1.29, 1.82) is 0 Å². The molecule has 0 radical (unpaired) electrons. The molecule has 1 unspecified atom stereocenters. The number of esters is 2. The minimum Gasteiger partial charge on any atom is -0.466 e. The van der Waals surface area contributed by atoms with Crippen LogP contribution in [0.1, 0.15) is 96.9 Å². The van der Waals surface area contributed by atoms with Gasteiger partial charge in [-0.05, 0) is 75.6 Å². The molecule has 0 aliphatic heterocycles. The summed E-state index contributed by atoms with van der Waals surface area (Å²) in [6, 6.07) is 17.2. The van der Waals surface area contributed by atoms with E-state index in [1.807, 2.05) is 27.7 Å². The van der Waals surface area contributed by atoms with Crippen LogP contribution >= 0.6 is 0 Å². The van der Waals surface area contributed by atoms with Gasteiger partial charge in [0, 0.05) is 5.41 Å². The molecule has 2 rings (SSSR count). The van der Waals surface area contributed by atoms with Gasteiger partial charge in [0.25, 0.3) is 0 Å². The van der Waals surface area contributed by atoms with Crippen molar-refractivity contribution in [3.8, 4) is 0 Å². The highest BCUT2D eigenvalue weighted by Gasteiger charge is 2.37. The summed E-state index contributed by atoms with van der Waals surface area (Å²) in [5.74, 6) is -0.242. The zero-order valence-electron chi connectivity index (χ0n) is 23.7. The van der Waals surface area contributed by atoms with Crippen LogP contribution in [0.25, 0.3) is 0 Å². The quantitative estimate of drug-likeness (QED) is 0.271. The molecule has 4 nitrogen and oxygen atoms in total. The summed E-state index contributed by atoms with van der Waals surface area (Å²) in [5, 5.41) is 0. The van der Waals surface area contributed by atoms with Crippen LogP contribution in [0.2, 0.25) is 0 Å². The van der Waals surface area contributed by atoms with Gasteiger partial charge < -0.3 is 9.47 Å². The Hall–Kier alpha value is -2.62. The van der Waals surface area contributed by atoms with E-state index >= 15 is 0 Å². The lowest BCUT2D eigenvalue weighted by Crippen LogP contribution is -2.34. The van der Waals surface area contributed by atoms with Crippen LogP contribution < -0.4 is 0 Å². The highest BCUT2D eigenvalue weighted by atomic mass is 16.5. The van der Waals surface area contributed by atoms with Gasteiger partial charge in [-0.1, -0.05) is 82.6 Å². The molecule has 0 N–H and O–H groups in total. The molecule has 0 spiro atoms. The fraction of sp³-hybridized carbons (Fsp3) is 0.562. The van der Waals surface area contributed by atoms with Gasteiger partial charge in [-0.2, -0.15) is 0 Å². The molecule has 0 fully saturated rings. The second kappa shape index (κ2) is 12.6. The van der Waals surface area contributed by atoms with Crippen LogP contribution in [0, 0.1) is 10.8 Å². The number of benzene rings is 2. The summed E-state index contributed by atoms with van der Waals surface area (Å²) < 4.78 is 10.7. The first kappa shape index (κ1) is 29.6. The van der Waals surface area contributed by atoms with Crippen LogP contribution in [-0.4, -0.2) is 25.2 Å². The van der Waals surface area contributed by atoms with E-state index in [1.165, 1.54) is 11.1 Å². The van der Waals surface area contributed by atoms with E-state index in [0.29, 0.717) is 26.1 Å². The van der Waals surface area contributed by atoms with Crippen LogP contribution in [0.3, 0.4) is 0 Å². The van der Waals surface area contributed by atoms with Crippen molar-refractivity contribution in [2.24, 2.45) is 10.8 Å². The molecule has 0 saturated carbocycles. The molecule has 0 saturated heterocycles. The fourth-order valence-electron chi connectivity index (χ4n) is 5.02. The van der Waals surface area contributed by atoms with Crippen molar-refractivity contribution in [2.45, 2.75) is 92.9 Å². The van der Waals surface area contributed by atoms with E-state index in [1.54, 1.807) is 0 Å². The minimum atomic E-state index is -0.558. The van der Waals surface area contributed by atoms with E-state index in [4.69, 9.17) is 9.47 Å². The fourth-order valence-corrected chi connectivity index (χ4v) is 5.02. The Kier molecular flexibility index (Phi) is 10.3. The molecule has 2 aromatic carbocycles. The van der Waals surface area contributed by atoms with E-state index in [0.717, 1.165) is 30.4 Å². The highest BCUT2D eigenvalue weighted by molar-refractivity contribution is 5.77. The molecule has 0 heterocycles. The summed E-state index contributed by atoms with van der Waals surface area (Å²) >= 11 is 0. The largest absolute Gasteiger partial charge is 0.466 e. The Bertz CT molecular complexity index is 986. The molecule has 0 aliphatic rings. The second-order valence-electron chi connectivity index (χ2n) is 11.1. The first-order valence-corrected chi connectivity index (χ1v) is 13.5. The Balaban J connectivity index is 2.21. The zero-order valence-corrected chi connectivity index (χ0v) is 23.7. The normalized spacial score (nSPS) is 13.7. The summed E-state index contributed by atoms with van der Waals surface area (Å²) in [4.78, 5) is 25.1. The number of hydrogen-bond acceptors (Lipinski definition) is 4. The summed E-state index contributed by atoms with van der Waals surface area (Å²) in [7, 11) is 0. The van der Waals surface area contributed by atoms with E-state index < -0.39 is 10.8 Å². The summed E-state index contributed by atoms with van der Waals surface area (Å²) in [6.07, 6.45) is 3.88. The van der Waals surface area contributed by atoms with Crippen molar-refractivity contribution >= 4 is 11.9 Å². The van der Waals surface area contributed by atoms with Gasteiger partial charge in [0.2, 0.25) is 0 Å². The van der Waals surface area contributed by atoms with E-state index in [9.17, 15) is 9.59 Å². The van der Waals surface area contributed by atoms with Crippen molar-refractivity contribution in [3.63, 3.8) is 0 Å². The lowest BCUT2D eigenvalue weighted by molar-refractivity contribution is -0.156. The maximum atomic E-state index is 12.8. The zero-order chi connectivity index (χ0) is 27.0. The Morgan fingerprint density at radius 2 is 1.11 bits per heavy atom. The standard InChI is InChI=1S/C32H46O4/c1-9-21-32(10-2,29(34)36-12-4)23-25-15-19-27(20-16-25)31(7,8)26-17-13-24(14-18-26)22-30(5,6)28(33)35-11-3/h13-20H,9-12,21-23H2,1-8H3. The number of hydrogen-bond donors (Lipinski definition) is 0. The minimum absolute atomic E-state index is 0.0787. The number of rotatable bonds is 13. The molecule has 198 valence electrons. The van der Waals surface area contributed by atoms with Crippen molar-refractivity contribution < 1.29 is 19.1 Å². The van der Waals surface area contributed by atoms with Gasteiger partial charge >= 0.3 is 11.9 Å². The average Bonchev–Trinajstić information content (AvgIpc) is 2.84. The van der Waals surface area contributed by atoms with Gasteiger partial charge in [0.1, 0.15) is 0 Å². The van der Waals surface area contributed by atoms with Gasteiger partial charge in [-0.3, -0.25) is 9.59 Å². The Morgan fingerprint density at radius 1 is 0.667 bits per heavy atom. The highest BCUT2D eigenvalue weighted by Crippen LogP contribution is 2.36. The summed E-state index contributed by atoms with van der Waals surface area (Å²) in [5.41, 5.74) is 3.52. The molecule has 4 heteroatoms. The van der Waals surface area contributed by atoms with Crippen molar-refractivity contribution in [3.05, 3.63) is 70.8 Å². The molecule has 0 aromatic heterocycles. The predicted molar refractivity (Wildman–Crippen MR) is 147 cm³/mol. The smallest absolute Gasteiger partial charge is 0.312 e. The van der Waals surface area contributed by atoms with Crippen LogP contribution in [-0.2, 0) is 37.3 Å². The van der Waals surface area contributed by atoms with Crippen LogP contribution in [0.5, 0.6) is 0 Å². The third-order valence-corrected chi connectivity index (χ3v) is 7.48. The Labute approximate surface area is 218 Å². The molecular weight excluding hydrogens is 448 g/mol. The number of ether oxygens (including phenoxy) is 2. The third kappa shape index (κ3) is 6.99. The molecular formula is C32H46O4. The molecule has 2 aromatic rings. The molecule has 0 amide bonds. The molecule has 0 bridgehead atoms. The third-order valence-electron chi connectivity index (χ3n) is 7.48. The maximum Gasteiger partial charge on any atom is 0.312 e. The first-order chi connectivity index (χ1) is 17.0. The van der Waals surface area contributed by atoms with E-state index in [2.05, 4.69) is 76.2 Å². The van der Waals surface area contributed by atoms with Crippen molar-refractivity contribution in [1.82, 2.24) is 0 Å². The molecule has 1 atom stereocenters. The number of carbonyl (C=O) groups excluding carboxylic acids is 2. The van der Waals surface area contributed by atoms with E-state index in [-0.39, 0.29) is 17.4 Å². The lowest BCUT2D eigenvalue weighted by atomic mass is 9.74. The van der Waals surface area contributed by atoms with Crippen molar-refractivity contribution in [2.75, 3.05) is 13.2 Å². The van der Waals surface area contributed by atoms with Crippen LogP contribution in [0.15, 0.2) is 48.5 Å². The van der Waals surface area contributed by atoms with Crippen LogP contribution in [0.4, 0.5) is 0 Å². The predicted octanol–water partition coefficient (Wildman–Crippen LogP) is 7.45. The molecule has 36 heavy (non-hydrogen) atoms. The topological polar surface area (TPSA) is 52.6 Å². The monoisotopic (exact) mass is 494 g/mol. The maximum absolute atomic E-state index is 12.8. The Morgan fingerprint density at radius 3 is 1.53 bits per heavy atom.